The summed E-state index contributed by atoms with van der Waals surface area (Å²) in [5.74, 6) is -0.757. The SMILES string of the molecule is Cc1ccc([C@]2(C)NC(=O)N(CC(=O)c3ccco3)C2=O)cc1. The number of carbonyl (C=O) groups excluding carboxylic acids is 3. The first-order valence-corrected chi connectivity index (χ1v) is 7.20. The smallest absolute Gasteiger partial charge is 0.325 e. The Morgan fingerprint density at radius 1 is 1.22 bits per heavy atom. The molecular formula is C17H16N2O4. The number of hydrogen-bond acceptors (Lipinski definition) is 4. The van der Waals surface area contributed by atoms with E-state index < -0.39 is 23.3 Å². The van der Waals surface area contributed by atoms with E-state index >= 15 is 0 Å². The number of nitrogens with zero attached hydrogens (tertiary/aromatic N) is 1. The van der Waals surface area contributed by atoms with Crippen molar-refractivity contribution in [3.8, 4) is 0 Å². The molecule has 1 atom stereocenters. The number of furan rings is 1. The normalized spacial score (nSPS) is 20.7. The molecule has 1 fully saturated rings. The Balaban J connectivity index is 1.85. The fourth-order valence-electron chi connectivity index (χ4n) is 2.58. The minimum Gasteiger partial charge on any atom is -0.461 e. The van der Waals surface area contributed by atoms with Gasteiger partial charge in [-0.05, 0) is 31.5 Å². The average Bonchev–Trinajstić information content (AvgIpc) is 3.12. The fourth-order valence-corrected chi connectivity index (χ4v) is 2.58. The van der Waals surface area contributed by atoms with Gasteiger partial charge in [-0.15, -0.1) is 0 Å². The van der Waals surface area contributed by atoms with E-state index in [1.54, 1.807) is 25.1 Å². The molecule has 6 heteroatoms. The predicted molar refractivity (Wildman–Crippen MR) is 81.8 cm³/mol. The van der Waals surface area contributed by atoms with E-state index in [4.69, 9.17) is 4.42 Å². The lowest BCUT2D eigenvalue weighted by Crippen LogP contribution is -2.41. The van der Waals surface area contributed by atoms with Gasteiger partial charge in [0.1, 0.15) is 5.54 Å². The minimum atomic E-state index is -1.17. The maximum Gasteiger partial charge on any atom is 0.325 e. The van der Waals surface area contributed by atoms with Gasteiger partial charge in [-0.1, -0.05) is 29.8 Å². The van der Waals surface area contributed by atoms with E-state index in [0.29, 0.717) is 5.56 Å². The summed E-state index contributed by atoms with van der Waals surface area (Å²) in [5, 5.41) is 2.67. The Morgan fingerprint density at radius 3 is 2.52 bits per heavy atom. The molecule has 1 N–H and O–H groups in total. The predicted octanol–water partition coefficient (Wildman–Crippen LogP) is 2.24. The molecule has 1 aliphatic heterocycles. The molecule has 0 aliphatic carbocycles. The minimum absolute atomic E-state index is 0.120. The second-order valence-corrected chi connectivity index (χ2v) is 5.71. The van der Waals surface area contributed by atoms with Gasteiger partial charge >= 0.3 is 6.03 Å². The summed E-state index contributed by atoms with van der Waals surface area (Å²) in [7, 11) is 0. The summed E-state index contributed by atoms with van der Waals surface area (Å²) in [6.07, 6.45) is 1.37. The largest absolute Gasteiger partial charge is 0.461 e. The highest BCUT2D eigenvalue weighted by Gasteiger charge is 2.49. The first-order valence-electron chi connectivity index (χ1n) is 7.20. The quantitative estimate of drug-likeness (QED) is 0.693. The summed E-state index contributed by atoms with van der Waals surface area (Å²) in [6, 6.07) is 9.83. The molecule has 1 aliphatic rings. The molecule has 6 nitrogen and oxygen atoms in total. The van der Waals surface area contributed by atoms with Crippen molar-refractivity contribution in [3.63, 3.8) is 0 Å². The maximum atomic E-state index is 12.7. The molecule has 2 aromatic rings. The Labute approximate surface area is 133 Å². The molecular weight excluding hydrogens is 296 g/mol. The molecule has 1 aromatic carbocycles. The van der Waals surface area contributed by atoms with Crippen molar-refractivity contribution in [2.24, 2.45) is 0 Å². The molecule has 118 valence electrons. The number of imide groups is 1. The number of nitrogens with one attached hydrogen (secondary N) is 1. The standard InChI is InChI=1S/C17H16N2O4/c1-11-5-7-12(8-6-11)17(2)15(21)19(16(22)18-17)10-13(20)14-4-3-9-23-14/h3-9H,10H2,1-2H3,(H,18,22)/t17-/m0/s1. The van der Waals surface area contributed by atoms with Gasteiger partial charge < -0.3 is 9.73 Å². The summed E-state index contributed by atoms with van der Waals surface area (Å²) >= 11 is 0. The molecule has 23 heavy (non-hydrogen) atoms. The van der Waals surface area contributed by atoms with Gasteiger partial charge in [-0.2, -0.15) is 0 Å². The highest BCUT2D eigenvalue weighted by Crippen LogP contribution is 2.29. The number of Topliss-reactive ketones (excluding diaryl/α,β-unsaturated/α-hetero) is 1. The van der Waals surface area contributed by atoms with Gasteiger partial charge in [0.05, 0.1) is 12.8 Å². The van der Waals surface area contributed by atoms with Gasteiger partial charge in [-0.3, -0.25) is 14.5 Å². The molecule has 0 bridgehead atoms. The van der Waals surface area contributed by atoms with Crippen LogP contribution < -0.4 is 5.32 Å². The lowest BCUT2D eigenvalue weighted by atomic mass is 9.91. The van der Waals surface area contributed by atoms with E-state index in [0.717, 1.165) is 10.5 Å². The van der Waals surface area contributed by atoms with Crippen molar-refractivity contribution in [1.82, 2.24) is 10.2 Å². The van der Waals surface area contributed by atoms with E-state index in [2.05, 4.69) is 5.32 Å². The molecule has 0 saturated carbocycles. The number of hydrogen-bond donors (Lipinski definition) is 1. The Kier molecular flexibility index (Phi) is 3.52. The van der Waals surface area contributed by atoms with Crippen LogP contribution in [0.1, 0.15) is 28.6 Å². The van der Waals surface area contributed by atoms with Crippen LogP contribution >= 0.6 is 0 Å². The van der Waals surface area contributed by atoms with Gasteiger partial charge in [-0.25, -0.2) is 4.79 Å². The third-order valence-electron chi connectivity index (χ3n) is 4.00. The molecule has 1 saturated heterocycles. The topological polar surface area (TPSA) is 79.6 Å². The van der Waals surface area contributed by atoms with Crippen LogP contribution in [0.2, 0.25) is 0 Å². The van der Waals surface area contributed by atoms with E-state index in [-0.39, 0.29) is 12.3 Å². The summed E-state index contributed by atoms with van der Waals surface area (Å²) in [5.41, 5.74) is 0.558. The monoisotopic (exact) mass is 312 g/mol. The van der Waals surface area contributed by atoms with Gasteiger partial charge in [0, 0.05) is 0 Å². The first kappa shape index (κ1) is 15.0. The number of urea groups is 1. The van der Waals surface area contributed by atoms with Crippen molar-refractivity contribution in [3.05, 3.63) is 59.5 Å². The zero-order valence-electron chi connectivity index (χ0n) is 12.8. The molecule has 0 unspecified atom stereocenters. The zero-order valence-corrected chi connectivity index (χ0v) is 12.8. The van der Waals surface area contributed by atoms with Crippen molar-refractivity contribution in [1.29, 1.82) is 0 Å². The molecule has 3 rings (SSSR count). The Hall–Kier alpha value is -2.89. The fraction of sp³-hybridized carbons (Fsp3) is 0.235. The second-order valence-electron chi connectivity index (χ2n) is 5.71. The van der Waals surface area contributed by atoms with Gasteiger partial charge in [0.25, 0.3) is 5.91 Å². The Bertz CT molecular complexity index is 764. The van der Waals surface area contributed by atoms with Crippen LogP contribution in [0, 0.1) is 6.92 Å². The number of ketones is 1. The third-order valence-corrected chi connectivity index (χ3v) is 4.00. The highest BCUT2D eigenvalue weighted by molar-refractivity contribution is 6.10. The van der Waals surface area contributed by atoms with Crippen molar-refractivity contribution >= 4 is 17.7 Å². The van der Waals surface area contributed by atoms with Crippen molar-refractivity contribution in [2.45, 2.75) is 19.4 Å². The van der Waals surface area contributed by atoms with Crippen LogP contribution in [-0.4, -0.2) is 29.2 Å². The average molecular weight is 312 g/mol. The Morgan fingerprint density at radius 2 is 1.91 bits per heavy atom. The highest BCUT2D eigenvalue weighted by atomic mass is 16.3. The summed E-state index contributed by atoms with van der Waals surface area (Å²) in [4.78, 5) is 37.8. The summed E-state index contributed by atoms with van der Waals surface area (Å²) < 4.78 is 5.01. The van der Waals surface area contributed by atoms with Crippen molar-refractivity contribution < 1.29 is 18.8 Å². The van der Waals surface area contributed by atoms with Crippen molar-refractivity contribution in [2.75, 3.05) is 6.54 Å². The zero-order chi connectivity index (χ0) is 16.6. The van der Waals surface area contributed by atoms with Crippen LogP contribution in [0.25, 0.3) is 0 Å². The lowest BCUT2D eigenvalue weighted by Gasteiger charge is -2.22. The molecule has 1 aromatic heterocycles. The molecule has 0 radical (unpaired) electrons. The van der Waals surface area contributed by atoms with Gasteiger partial charge in [0.2, 0.25) is 5.78 Å². The van der Waals surface area contributed by atoms with E-state index in [9.17, 15) is 14.4 Å². The second kappa shape index (κ2) is 5.39. The number of benzene rings is 1. The van der Waals surface area contributed by atoms with Crippen LogP contribution in [0.3, 0.4) is 0 Å². The van der Waals surface area contributed by atoms with Gasteiger partial charge in [0.15, 0.2) is 5.76 Å². The van der Waals surface area contributed by atoms with E-state index in [1.807, 2.05) is 19.1 Å². The molecule has 3 amide bonds. The van der Waals surface area contributed by atoms with E-state index in [1.165, 1.54) is 12.3 Å². The number of amides is 3. The first-order chi connectivity index (χ1) is 10.9. The third kappa shape index (κ3) is 2.52. The van der Waals surface area contributed by atoms with Crippen LogP contribution in [0.15, 0.2) is 47.1 Å². The van der Waals surface area contributed by atoms with Crippen LogP contribution in [-0.2, 0) is 10.3 Å². The lowest BCUT2D eigenvalue weighted by molar-refractivity contribution is -0.130. The van der Waals surface area contributed by atoms with Crippen LogP contribution in [0.5, 0.6) is 0 Å². The number of carbonyl (C=O) groups is 3. The van der Waals surface area contributed by atoms with Crippen LogP contribution in [0.4, 0.5) is 4.79 Å². The number of aryl methyl sites for hydroxylation is 1. The molecule has 0 spiro atoms. The summed E-state index contributed by atoms with van der Waals surface area (Å²) in [6.45, 7) is 3.23. The molecule has 2 heterocycles. The maximum absolute atomic E-state index is 12.7. The number of rotatable bonds is 4.